The van der Waals surface area contributed by atoms with Crippen molar-refractivity contribution in [2.45, 2.75) is 31.8 Å². The summed E-state index contributed by atoms with van der Waals surface area (Å²) in [6, 6.07) is 0. The Balaban J connectivity index is 2.30. The van der Waals surface area contributed by atoms with E-state index in [1.165, 1.54) is 12.8 Å². The number of aliphatic hydroxyl groups excluding tert-OH is 1. The second-order valence-corrected chi connectivity index (χ2v) is 2.85. The summed E-state index contributed by atoms with van der Waals surface area (Å²) in [5.41, 5.74) is 5.43. The van der Waals surface area contributed by atoms with Gasteiger partial charge in [-0.15, -0.1) is 0 Å². The maximum Gasteiger partial charge on any atom is 0.0580 e. The first-order valence-corrected chi connectivity index (χ1v) is 3.72. The van der Waals surface area contributed by atoms with Gasteiger partial charge in [0.1, 0.15) is 0 Å². The number of nitrogens with two attached hydrogens (primary N) is 1. The number of hydrogen-bond donors (Lipinski definition) is 2. The molecule has 1 rings (SSSR count). The topological polar surface area (TPSA) is 46.2 Å². The molecule has 0 saturated heterocycles. The highest BCUT2D eigenvalue weighted by molar-refractivity contribution is 4.74. The molecular weight excluding hydrogens is 114 g/mol. The third-order valence-corrected chi connectivity index (χ3v) is 2.17. The zero-order valence-electron chi connectivity index (χ0n) is 5.71. The fraction of sp³-hybridized carbons (Fsp3) is 1.00. The monoisotopic (exact) mass is 129 g/mol. The Morgan fingerprint density at radius 1 is 1.33 bits per heavy atom. The van der Waals surface area contributed by atoms with Crippen molar-refractivity contribution in [1.82, 2.24) is 0 Å². The van der Waals surface area contributed by atoms with Crippen LogP contribution in [-0.2, 0) is 0 Å². The van der Waals surface area contributed by atoms with Gasteiger partial charge in [0, 0.05) is 0 Å². The Morgan fingerprint density at radius 2 is 2.00 bits per heavy atom. The SMILES string of the molecule is NC[C@H]1CCCC[C@@H]1O. The molecule has 0 aromatic rings. The van der Waals surface area contributed by atoms with Crippen molar-refractivity contribution in [3.63, 3.8) is 0 Å². The normalized spacial score (nSPS) is 36.7. The molecule has 0 heterocycles. The minimum Gasteiger partial charge on any atom is -0.393 e. The summed E-state index contributed by atoms with van der Waals surface area (Å²) in [4.78, 5) is 0. The van der Waals surface area contributed by atoms with Gasteiger partial charge in [-0.1, -0.05) is 12.8 Å². The number of hydrogen-bond acceptors (Lipinski definition) is 2. The number of aliphatic hydroxyl groups is 1. The van der Waals surface area contributed by atoms with Gasteiger partial charge >= 0.3 is 0 Å². The van der Waals surface area contributed by atoms with Gasteiger partial charge in [-0.2, -0.15) is 0 Å². The maximum absolute atomic E-state index is 9.29. The van der Waals surface area contributed by atoms with E-state index in [0.29, 0.717) is 12.5 Å². The Bertz CT molecular complexity index is 85.0. The summed E-state index contributed by atoms with van der Waals surface area (Å²) in [6.45, 7) is 0.654. The minimum absolute atomic E-state index is 0.108. The summed E-state index contributed by atoms with van der Waals surface area (Å²) in [6.07, 6.45) is 4.40. The van der Waals surface area contributed by atoms with Crippen LogP contribution in [0.2, 0.25) is 0 Å². The van der Waals surface area contributed by atoms with E-state index in [1.54, 1.807) is 0 Å². The highest BCUT2D eigenvalue weighted by atomic mass is 16.3. The molecule has 54 valence electrons. The second-order valence-electron chi connectivity index (χ2n) is 2.85. The Labute approximate surface area is 56.1 Å². The second kappa shape index (κ2) is 3.18. The molecule has 0 radical (unpaired) electrons. The Hall–Kier alpha value is -0.0800. The van der Waals surface area contributed by atoms with Crippen LogP contribution in [0.1, 0.15) is 25.7 Å². The summed E-state index contributed by atoms with van der Waals surface area (Å²) in [5.74, 6) is 0.388. The van der Waals surface area contributed by atoms with Crippen molar-refractivity contribution >= 4 is 0 Å². The molecule has 1 aliphatic carbocycles. The van der Waals surface area contributed by atoms with E-state index in [2.05, 4.69) is 0 Å². The van der Waals surface area contributed by atoms with Crippen LogP contribution in [0, 0.1) is 5.92 Å². The first-order chi connectivity index (χ1) is 4.34. The minimum atomic E-state index is -0.108. The van der Waals surface area contributed by atoms with Gasteiger partial charge in [-0.3, -0.25) is 0 Å². The third-order valence-electron chi connectivity index (χ3n) is 2.17. The lowest BCUT2D eigenvalue weighted by Gasteiger charge is -2.25. The lowest BCUT2D eigenvalue weighted by atomic mass is 9.87. The molecule has 0 unspecified atom stereocenters. The van der Waals surface area contributed by atoms with Crippen LogP contribution in [0.4, 0.5) is 0 Å². The fourth-order valence-electron chi connectivity index (χ4n) is 1.46. The predicted octanol–water partition coefficient (Wildman–Crippen LogP) is 0.496. The first kappa shape index (κ1) is 7.03. The van der Waals surface area contributed by atoms with E-state index >= 15 is 0 Å². The van der Waals surface area contributed by atoms with Crippen molar-refractivity contribution < 1.29 is 5.11 Å². The van der Waals surface area contributed by atoms with E-state index in [1.807, 2.05) is 0 Å². The molecule has 3 N–H and O–H groups in total. The van der Waals surface area contributed by atoms with Gasteiger partial charge in [0.25, 0.3) is 0 Å². The third kappa shape index (κ3) is 1.66. The van der Waals surface area contributed by atoms with Gasteiger partial charge in [0.05, 0.1) is 6.10 Å². The largest absolute Gasteiger partial charge is 0.393 e. The highest BCUT2D eigenvalue weighted by Gasteiger charge is 2.20. The molecule has 1 aliphatic rings. The van der Waals surface area contributed by atoms with Crippen LogP contribution < -0.4 is 5.73 Å². The van der Waals surface area contributed by atoms with Crippen LogP contribution in [0.25, 0.3) is 0 Å². The molecule has 1 fully saturated rings. The molecule has 1 saturated carbocycles. The van der Waals surface area contributed by atoms with E-state index in [9.17, 15) is 5.11 Å². The quantitative estimate of drug-likeness (QED) is 0.541. The van der Waals surface area contributed by atoms with Crippen LogP contribution >= 0.6 is 0 Å². The predicted molar refractivity (Wildman–Crippen MR) is 37.0 cm³/mol. The van der Waals surface area contributed by atoms with Gasteiger partial charge in [0.15, 0.2) is 0 Å². The zero-order valence-corrected chi connectivity index (χ0v) is 5.71. The average Bonchev–Trinajstić information content (AvgIpc) is 1.89. The van der Waals surface area contributed by atoms with Crippen molar-refractivity contribution in [2.24, 2.45) is 11.7 Å². The smallest absolute Gasteiger partial charge is 0.0580 e. The molecule has 2 nitrogen and oxygen atoms in total. The summed E-state index contributed by atoms with van der Waals surface area (Å²) in [7, 11) is 0. The van der Waals surface area contributed by atoms with E-state index in [-0.39, 0.29) is 6.10 Å². The van der Waals surface area contributed by atoms with Gasteiger partial charge in [0.2, 0.25) is 0 Å². The molecule has 2 heteroatoms. The molecule has 0 aromatic heterocycles. The van der Waals surface area contributed by atoms with Gasteiger partial charge in [-0.25, -0.2) is 0 Å². The van der Waals surface area contributed by atoms with Gasteiger partial charge < -0.3 is 10.8 Å². The van der Waals surface area contributed by atoms with Crippen molar-refractivity contribution in [2.75, 3.05) is 6.54 Å². The summed E-state index contributed by atoms with van der Waals surface area (Å²) < 4.78 is 0. The molecule has 9 heavy (non-hydrogen) atoms. The molecule has 0 amide bonds. The highest BCUT2D eigenvalue weighted by Crippen LogP contribution is 2.22. The first-order valence-electron chi connectivity index (χ1n) is 3.72. The lowest BCUT2D eigenvalue weighted by molar-refractivity contribution is 0.0743. The molecule has 2 atom stereocenters. The molecule has 0 aliphatic heterocycles. The van der Waals surface area contributed by atoms with E-state index < -0.39 is 0 Å². The van der Waals surface area contributed by atoms with Crippen LogP contribution in [0.5, 0.6) is 0 Å². The molecule has 0 spiro atoms. The molecular formula is C7H15NO. The lowest BCUT2D eigenvalue weighted by Crippen LogP contribution is -2.30. The van der Waals surface area contributed by atoms with E-state index in [0.717, 1.165) is 12.8 Å². The summed E-state index contributed by atoms with van der Waals surface area (Å²) >= 11 is 0. The molecule has 0 aromatic carbocycles. The molecule has 0 bridgehead atoms. The zero-order chi connectivity index (χ0) is 6.69. The standard InChI is InChI=1S/C7H15NO/c8-5-6-3-1-2-4-7(6)9/h6-7,9H,1-5,8H2/t6-,7+/m1/s1. The van der Waals surface area contributed by atoms with Crippen LogP contribution in [0.3, 0.4) is 0 Å². The Kier molecular flexibility index (Phi) is 2.49. The number of rotatable bonds is 1. The maximum atomic E-state index is 9.29. The Morgan fingerprint density at radius 3 is 2.44 bits per heavy atom. The average molecular weight is 129 g/mol. The summed E-state index contributed by atoms with van der Waals surface area (Å²) in [5, 5.41) is 9.29. The van der Waals surface area contributed by atoms with Crippen molar-refractivity contribution in [3.8, 4) is 0 Å². The van der Waals surface area contributed by atoms with Crippen LogP contribution in [-0.4, -0.2) is 17.8 Å². The van der Waals surface area contributed by atoms with Crippen LogP contribution in [0.15, 0.2) is 0 Å². The van der Waals surface area contributed by atoms with E-state index in [4.69, 9.17) is 5.73 Å². The van der Waals surface area contributed by atoms with Gasteiger partial charge in [-0.05, 0) is 25.3 Å². The van der Waals surface area contributed by atoms with Crippen molar-refractivity contribution in [3.05, 3.63) is 0 Å². The van der Waals surface area contributed by atoms with Crippen molar-refractivity contribution in [1.29, 1.82) is 0 Å². The fourth-order valence-corrected chi connectivity index (χ4v) is 1.46.